The minimum absolute atomic E-state index is 0.296. The first-order valence-corrected chi connectivity index (χ1v) is 8.94. The van der Waals surface area contributed by atoms with Gasteiger partial charge in [-0.2, -0.15) is 4.98 Å². The summed E-state index contributed by atoms with van der Waals surface area (Å²) in [6, 6.07) is 8.07. The number of para-hydroxylation sites is 2. The third-order valence-corrected chi connectivity index (χ3v) is 4.28. The average molecular weight is 323 g/mol. The van der Waals surface area contributed by atoms with Crippen molar-refractivity contribution in [2.75, 3.05) is 24.2 Å². The Kier molecular flexibility index (Phi) is 3.78. The highest BCUT2D eigenvalue weighted by atomic mass is 32.2. The van der Waals surface area contributed by atoms with Gasteiger partial charge in [0.25, 0.3) is 6.01 Å². The first-order chi connectivity index (χ1) is 10.4. The molecule has 0 saturated carbocycles. The van der Waals surface area contributed by atoms with Crippen LogP contribution in [0, 0.1) is 5.92 Å². The Morgan fingerprint density at radius 3 is 2.64 bits per heavy atom. The number of hydrogen-bond donors (Lipinski definition) is 1. The van der Waals surface area contributed by atoms with Crippen LogP contribution in [0.4, 0.5) is 6.01 Å². The second kappa shape index (κ2) is 5.60. The Hall–Kier alpha value is -2.09. The summed E-state index contributed by atoms with van der Waals surface area (Å²) in [5.74, 6) is -0.727. The number of oxazole rings is 1. The predicted octanol–water partition coefficient (Wildman–Crippen LogP) is 1.12. The van der Waals surface area contributed by atoms with E-state index in [9.17, 15) is 13.2 Å². The lowest BCUT2D eigenvalue weighted by Crippen LogP contribution is -2.42. The lowest BCUT2D eigenvalue weighted by Gasteiger charge is -2.29. The Balaban J connectivity index is 1.65. The highest BCUT2D eigenvalue weighted by Gasteiger charge is 2.28. The standard InChI is InChI=1S/C14H17N3O4S/c1-22(19,20)16-13(18)10-6-8-17(9-7-10)14-15-11-4-2-3-5-12(11)21-14/h2-5,10H,6-9H2,1H3,(H,16,18). The molecule has 22 heavy (non-hydrogen) atoms. The van der Waals surface area contributed by atoms with Gasteiger partial charge in [0.2, 0.25) is 15.9 Å². The summed E-state index contributed by atoms with van der Waals surface area (Å²) >= 11 is 0. The molecule has 118 valence electrons. The van der Waals surface area contributed by atoms with Crippen LogP contribution in [0.1, 0.15) is 12.8 Å². The van der Waals surface area contributed by atoms with Crippen LogP contribution in [0.15, 0.2) is 28.7 Å². The van der Waals surface area contributed by atoms with Crippen LogP contribution in [0.25, 0.3) is 11.1 Å². The molecule has 1 aliphatic rings. The van der Waals surface area contributed by atoms with Crippen LogP contribution in [-0.2, 0) is 14.8 Å². The van der Waals surface area contributed by atoms with Gasteiger partial charge in [0, 0.05) is 19.0 Å². The van der Waals surface area contributed by atoms with E-state index < -0.39 is 15.9 Å². The zero-order valence-corrected chi connectivity index (χ0v) is 13.0. The molecule has 0 atom stereocenters. The molecule has 1 fully saturated rings. The van der Waals surface area contributed by atoms with Crippen LogP contribution in [-0.4, -0.2) is 38.7 Å². The largest absolute Gasteiger partial charge is 0.423 e. The lowest BCUT2D eigenvalue weighted by atomic mass is 9.97. The number of benzene rings is 1. The number of anilines is 1. The fourth-order valence-electron chi connectivity index (χ4n) is 2.59. The molecule has 0 aliphatic carbocycles. The zero-order chi connectivity index (χ0) is 15.7. The molecule has 3 rings (SSSR count). The molecule has 0 radical (unpaired) electrons. The van der Waals surface area contributed by atoms with Gasteiger partial charge in [0.15, 0.2) is 5.58 Å². The molecule has 0 spiro atoms. The summed E-state index contributed by atoms with van der Waals surface area (Å²) < 4.78 is 29.9. The molecule has 1 aromatic heterocycles. The third kappa shape index (κ3) is 3.22. The van der Waals surface area contributed by atoms with Crippen molar-refractivity contribution in [1.82, 2.24) is 9.71 Å². The van der Waals surface area contributed by atoms with E-state index in [1.807, 2.05) is 33.9 Å². The fraction of sp³-hybridized carbons (Fsp3) is 0.429. The summed E-state index contributed by atoms with van der Waals surface area (Å²) in [6.07, 6.45) is 2.12. The van der Waals surface area contributed by atoms with Crippen molar-refractivity contribution < 1.29 is 17.6 Å². The number of hydrogen-bond acceptors (Lipinski definition) is 6. The molecule has 2 heterocycles. The van der Waals surface area contributed by atoms with Crippen LogP contribution in [0.2, 0.25) is 0 Å². The summed E-state index contributed by atoms with van der Waals surface area (Å²) in [5, 5.41) is 0. The maximum Gasteiger partial charge on any atom is 0.298 e. The summed E-state index contributed by atoms with van der Waals surface area (Å²) in [7, 11) is -3.50. The quantitative estimate of drug-likeness (QED) is 0.910. The highest BCUT2D eigenvalue weighted by Crippen LogP contribution is 2.26. The summed E-state index contributed by atoms with van der Waals surface area (Å²) in [4.78, 5) is 18.3. The molecule has 2 aromatic rings. The molecule has 0 bridgehead atoms. The minimum Gasteiger partial charge on any atom is -0.423 e. The number of sulfonamides is 1. The Labute approximate surface area is 128 Å². The molecule has 8 heteroatoms. The van der Waals surface area contributed by atoms with Crippen molar-refractivity contribution in [3.63, 3.8) is 0 Å². The van der Waals surface area contributed by atoms with Crippen molar-refractivity contribution >= 4 is 33.0 Å². The van der Waals surface area contributed by atoms with Crippen molar-refractivity contribution in [3.8, 4) is 0 Å². The van der Waals surface area contributed by atoms with Crippen molar-refractivity contribution in [2.45, 2.75) is 12.8 Å². The van der Waals surface area contributed by atoms with Crippen LogP contribution >= 0.6 is 0 Å². The van der Waals surface area contributed by atoms with Gasteiger partial charge in [0.1, 0.15) is 5.52 Å². The SMILES string of the molecule is CS(=O)(=O)NC(=O)C1CCN(c2nc3ccccc3o2)CC1. The van der Waals surface area contributed by atoms with E-state index in [-0.39, 0.29) is 5.92 Å². The number of nitrogens with zero attached hydrogens (tertiary/aromatic N) is 2. The Morgan fingerprint density at radius 1 is 1.32 bits per heavy atom. The number of fused-ring (bicyclic) bond motifs is 1. The predicted molar refractivity (Wildman–Crippen MR) is 81.9 cm³/mol. The molecular formula is C14H17N3O4S. The van der Waals surface area contributed by atoms with E-state index in [0.717, 1.165) is 17.4 Å². The van der Waals surface area contributed by atoms with Gasteiger partial charge in [-0.3, -0.25) is 9.52 Å². The molecular weight excluding hydrogens is 306 g/mol. The van der Waals surface area contributed by atoms with Gasteiger partial charge in [-0.1, -0.05) is 12.1 Å². The van der Waals surface area contributed by atoms with Gasteiger partial charge in [-0.15, -0.1) is 0 Å². The maximum atomic E-state index is 11.8. The monoisotopic (exact) mass is 323 g/mol. The third-order valence-electron chi connectivity index (χ3n) is 3.70. The number of rotatable bonds is 3. The fourth-order valence-corrected chi connectivity index (χ4v) is 3.13. The van der Waals surface area contributed by atoms with E-state index in [1.54, 1.807) is 0 Å². The first kappa shape index (κ1) is 14.8. The second-order valence-corrected chi connectivity index (χ2v) is 7.21. The van der Waals surface area contributed by atoms with E-state index in [2.05, 4.69) is 4.98 Å². The van der Waals surface area contributed by atoms with Gasteiger partial charge in [-0.25, -0.2) is 8.42 Å². The number of amides is 1. The smallest absolute Gasteiger partial charge is 0.298 e. The number of nitrogens with one attached hydrogen (secondary N) is 1. The number of carbonyl (C=O) groups excluding carboxylic acids is 1. The number of aromatic nitrogens is 1. The maximum absolute atomic E-state index is 11.8. The van der Waals surface area contributed by atoms with Gasteiger partial charge in [0.05, 0.1) is 6.26 Å². The lowest BCUT2D eigenvalue weighted by molar-refractivity contribution is -0.123. The van der Waals surface area contributed by atoms with Crippen molar-refractivity contribution in [1.29, 1.82) is 0 Å². The van der Waals surface area contributed by atoms with Crippen LogP contribution < -0.4 is 9.62 Å². The Morgan fingerprint density at radius 2 is 2.00 bits per heavy atom. The van der Waals surface area contributed by atoms with Crippen molar-refractivity contribution in [2.24, 2.45) is 5.92 Å². The van der Waals surface area contributed by atoms with E-state index in [4.69, 9.17) is 4.42 Å². The molecule has 1 aromatic carbocycles. The highest BCUT2D eigenvalue weighted by molar-refractivity contribution is 7.89. The van der Waals surface area contributed by atoms with Gasteiger partial charge >= 0.3 is 0 Å². The molecule has 1 aliphatic heterocycles. The van der Waals surface area contributed by atoms with E-state index in [0.29, 0.717) is 31.9 Å². The molecule has 1 amide bonds. The van der Waals surface area contributed by atoms with Gasteiger partial charge < -0.3 is 9.32 Å². The molecule has 0 unspecified atom stereocenters. The average Bonchev–Trinajstić information content (AvgIpc) is 2.89. The first-order valence-electron chi connectivity index (χ1n) is 7.04. The minimum atomic E-state index is -3.50. The van der Waals surface area contributed by atoms with E-state index in [1.165, 1.54) is 0 Å². The summed E-state index contributed by atoms with van der Waals surface area (Å²) in [5.41, 5.74) is 1.53. The normalized spacial score (nSPS) is 16.9. The number of piperidine rings is 1. The number of carbonyl (C=O) groups is 1. The summed E-state index contributed by atoms with van der Waals surface area (Å²) in [6.45, 7) is 1.21. The zero-order valence-electron chi connectivity index (χ0n) is 12.2. The molecule has 7 nitrogen and oxygen atoms in total. The van der Waals surface area contributed by atoms with Crippen molar-refractivity contribution in [3.05, 3.63) is 24.3 Å². The van der Waals surface area contributed by atoms with Gasteiger partial charge in [-0.05, 0) is 25.0 Å². The Bertz CT molecular complexity index is 758. The van der Waals surface area contributed by atoms with Crippen LogP contribution in [0.5, 0.6) is 0 Å². The molecule has 1 N–H and O–H groups in total. The van der Waals surface area contributed by atoms with Crippen LogP contribution in [0.3, 0.4) is 0 Å². The second-order valence-electron chi connectivity index (χ2n) is 5.46. The van der Waals surface area contributed by atoms with E-state index >= 15 is 0 Å². The topological polar surface area (TPSA) is 92.5 Å². The molecule has 1 saturated heterocycles.